The Morgan fingerprint density at radius 3 is 2.24 bits per heavy atom. The number of hydrogen-bond donors (Lipinski definition) is 0. The lowest BCUT2D eigenvalue weighted by molar-refractivity contribution is 0.103. The van der Waals surface area contributed by atoms with Crippen molar-refractivity contribution in [1.82, 2.24) is 4.31 Å². The van der Waals surface area contributed by atoms with Crippen LogP contribution in [0.1, 0.15) is 40.9 Å². The van der Waals surface area contributed by atoms with E-state index in [1.54, 1.807) is 66.7 Å². The van der Waals surface area contributed by atoms with Gasteiger partial charge in [-0.1, -0.05) is 84.2 Å². The largest absolute Gasteiger partial charge is 0.289 e. The summed E-state index contributed by atoms with van der Waals surface area (Å²) in [6, 6.07) is 20.2. The highest BCUT2D eigenvalue weighted by Crippen LogP contribution is 2.52. The van der Waals surface area contributed by atoms with Crippen molar-refractivity contribution in [3.63, 3.8) is 0 Å². The van der Waals surface area contributed by atoms with E-state index >= 15 is 0 Å². The number of nitrogens with zero attached hydrogens (tertiary/aromatic N) is 1. The molecule has 0 unspecified atom stereocenters. The molecule has 4 nitrogen and oxygen atoms in total. The van der Waals surface area contributed by atoms with Gasteiger partial charge in [-0.05, 0) is 43.2 Å². The zero-order valence-corrected chi connectivity index (χ0v) is 20.5. The number of benzene rings is 3. The number of carbonyl (C=O) groups is 1. The van der Waals surface area contributed by atoms with Gasteiger partial charge in [0.15, 0.2) is 5.78 Å². The monoisotopic (exact) mass is 499 g/mol. The van der Waals surface area contributed by atoms with Gasteiger partial charge >= 0.3 is 0 Å². The zero-order chi connectivity index (χ0) is 23.8. The Morgan fingerprint density at radius 1 is 0.970 bits per heavy atom. The predicted molar refractivity (Wildman–Crippen MR) is 132 cm³/mol. The highest BCUT2D eigenvalue weighted by Gasteiger charge is 2.50. The van der Waals surface area contributed by atoms with Crippen LogP contribution in [0.5, 0.6) is 0 Å². The molecule has 0 N–H and O–H groups in total. The van der Waals surface area contributed by atoms with E-state index < -0.39 is 16.1 Å². The van der Waals surface area contributed by atoms with E-state index in [1.165, 1.54) is 10.4 Å². The van der Waals surface area contributed by atoms with Gasteiger partial charge in [0.2, 0.25) is 0 Å². The first-order valence-corrected chi connectivity index (χ1v) is 12.8. The van der Waals surface area contributed by atoms with E-state index in [0.717, 1.165) is 11.1 Å². The third kappa shape index (κ3) is 4.45. The molecule has 0 aliphatic carbocycles. The topological polar surface area (TPSA) is 54.5 Å². The highest BCUT2D eigenvalue weighted by molar-refractivity contribution is 7.89. The van der Waals surface area contributed by atoms with Crippen molar-refractivity contribution in [3.05, 3.63) is 111 Å². The molecule has 3 aromatic rings. The molecule has 1 fully saturated rings. The molecule has 0 bridgehead atoms. The van der Waals surface area contributed by atoms with Gasteiger partial charge in [-0.15, -0.1) is 0 Å². The molecule has 0 saturated carbocycles. The second-order valence-corrected chi connectivity index (χ2v) is 10.7. The number of rotatable bonds is 6. The van der Waals surface area contributed by atoms with Crippen molar-refractivity contribution in [1.29, 1.82) is 0 Å². The van der Waals surface area contributed by atoms with Crippen LogP contribution in [0.2, 0.25) is 10.0 Å². The first-order valence-electron chi connectivity index (χ1n) is 10.6. The van der Waals surface area contributed by atoms with Crippen LogP contribution in [0.3, 0.4) is 0 Å². The Labute approximate surface area is 204 Å². The normalized spacial score (nSPS) is 19.4. The molecule has 3 aromatic carbocycles. The first kappa shape index (κ1) is 23.6. The van der Waals surface area contributed by atoms with Crippen LogP contribution in [0.15, 0.2) is 89.5 Å². The van der Waals surface area contributed by atoms with Crippen molar-refractivity contribution in [2.24, 2.45) is 5.92 Å². The Hall–Kier alpha value is -2.60. The van der Waals surface area contributed by atoms with Crippen LogP contribution < -0.4 is 0 Å². The number of ketones is 1. The summed E-state index contributed by atoms with van der Waals surface area (Å²) in [5.41, 5.74) is 2.67. The molecule has 1 aliphatic rings. The van der Waals surface area contributed by atoms with Gasteiger partial charge < -0.3 is 0 Å². The van der Waals surface area contributed by atoms with Gasteiger partial charge in [0.25, 0.3) is 10.0 Å². The van der Waals surface area contributed by atoms with Gasteiger partial charge in [0, 0.05) is 23.3 Å². The molecule has 33 heavy (non-hydrogen) atoms. The fourth-order valence-electron chi connectivity index (χ4n) is 4.17. The smallest absolute Gasteiger partial charge is 0.264 e. The zero-order valence-electron chi connectivity index (χ0n) is 18.2. The number of carbonyl (C=O) groups excluding carboxylic acids is 1. The molecule has 1 heterocycles. The molecule has 2 atom stereocenters. The van der Waals surface area contributed by atoms with Crippen LogP contribution in [-0.4, -0.2) is 18.5 Å². The van der Waals surface area contributed by atoms with E-state index in [0.29, 0.717) is 27.7 Å². The molecular formula is C26H23Cl2NO3S. The molecule has 0 aromatic heterocycles. The van der Waals surface area contributed by atoms with E-state index in [4.69, 9.17) is 23.2 Å². The van der Waals surface area contributed by atoms with Crippen molar-refractivity contribution >= 4 is 39.0 Å². The molecule has 170 valence electrons. The first-order chi connectivity index (χ1) is 15.7. The van der Waals surface area contributed by atoms with Gasteiger partial charge in [0.05, 0.1) is 21.0 Å². The maximum absolute atomic E-state index is 13.8. The van der Waals surface area contributed by atoms with Crippen LogP contribution >= 0.6 is 23.2 Å². The average Bonchev–Trinajstić information content (AvgIpc) is 2.79. The summed E-state index contributed by atoms with van der Waals surface area (Å²) in [4.78, 5) is 13.1. The van der Waals surface area contributed by atoms with Crippen molar-refractivity contribution in [3.8, 4) is 0 Å². The number of aryl methyl sites for hydroxylation is 1. The van der Waals surface area contributed by atoms with Gasteiger partial charge in [-0.25, -0.2) is 8.42 Å². The maximum atomic E-state index is 13.8. The summed E-state index contributed by atoms with van der Waals surface area (Å²) < 4.78 is 28.9. The van der Waals surface area contributed by atoms with Gasteiger partial charge in [-0.2, -0.15) is 0 Å². The Bertz CT molecular complexity index is 1320. The summed E-state index contributed by atoms with van der Waals surface area (Å²) in [5, 5.41) is 0.755. The molecule has 4 rings (SSSR count). The Morgan fingerprint density at radius 2 is 1.64 bits per heavy atom. The molecule has 0 spiro atoms. The SMILES string of the molecule is CC[C@H]1/C(=C\C(=O)c2ccccc2)N(S(=O)(=O)c2ccc(C)cc2)[C@@H]1c1ccc(Cl)c(Cl)c1. The quantitative estimate of drug-likeness (QED) is 0.275. The number of sulfonamides is 1. The van der Waals surface area contributed by atoms with Crippen LogP contribution in [-0.2, 0) is 10.0 Å². The average molecular weight is 500 g/mol. The maximum Gasteiger partial charge on any atom is 0.264 e. The lowest BCUT2D eigenvalue weighted by Gasteiger charge is -2.50. The molecular weight excluding hydrogens is 477 g/mol. The minimum atomic E-state index is -3.92. The second kappa shape index (κ2) is 9.34. The number of halogens is 2. The summed E-state index contributed by atoms with van der Waals surface area (Å²) in [6.07, 6.45) is 2.10. The predicted octanol–water partition coefficient (Wildman–Crippen LogP) is 6.84. The second-order valence-electron chi connectivity index (χ2n) is 8.05. The molecule has 1 saturated heterocycles. The fraction of sp³-hybridized carbons (Fsp3) is 0.192. The van der Waals surface area contributed by atoms with Crippen LogP contribution in [0.25, 0.3) is 0 Å². The van der Waals surface area contributed by atoms with E-state index in [9.17, 15) is 13.2 Å². The summed E-state index contributed by atoms with van der Waals surface area (Å²) in [5.74, 6) is -0.407. The fourth-order valence-corrected chi connectivity index (χ4v) is 6.21. The van der Waals surface area contributed by atoms with Gasteiger partial charge in [-0.3, -0.25) is 9.10 Å². The molecule has 0 radical (unpaired) electrons. The summed E-state index contributed by atoms with van der Waals surface area (Å²) in [6.45, 7) is 3.88. The van der Waals surface area contributed by atoms with E-state index in [-0.39, 0.29) is 16.6 Å². The van der Waals surface area contributed by atoms with Crippen molar-refractivity contribution in [2.45, 2.75) is 31.2 Å². The highest BCUT2D eigenvalue weighted by atomic mass is 35.5. The van der Waals surface area contributed by atoms with E-state index in [2.05, 4.69) is 0 Å². The third-order valence-corrected chi connectivity index (χ3v) is 8.47. The Kier molecular flexibility index (Phi) is 6.66. The third-order valence-electron chi connectivity index (χ3n) is 5.91. The van der Waals surface area contributed by atoms with Crippen LogP contribution in [0.4, 0.5) is 0 Å². The summed E-state index contributed by atoms with van der Waals surface area (Å²) >= 11 is 12.4. The minimum Gasteiger partial charge on any atom is -0.289 e. The molecule has 1 aliphatic heterocycles. The lowest BCUT2D eigenvalue weighted by Crippen LogP contribution is -2.50. The van der Waals surface area contributed by atoms with Crippen LogP contribution in [0, 0.1) is 12.8 Å². The van der Waals surface area contributed by atoms with Gasteiger partial charge in [0.1, 0.15) is 0 Å². The Balaban J connectivity index is 1.84. The minimum absolute atomic E-state index is 0.171. The number of hydrogen-bond acceptors (Lipinski definition) is 3. The molecule has 0 amide bonds. The molecule has 7 heteroatoms. The summed E-state index contributed by atoms with van der Waals surface area (Å²) in [7, 11) is -3.92. The van der Waals surface area contributed by atoms with E-state index in [1.807, 2.05) is 19.9 Å². The lowest BCUT2D eigenvalue weighted by atomic mass is 9.80. The number of allylic oxidation sites excluding steroid dienone is 1. The standard InChI is InChI=1S/C26H23Cl2NO3S/c1-3-21-24(16-25(30)18-7-5-4-6-8-18)29(26(21)19-11-14-22(27)23(28)15-19)33(31,32)20-12-9-17(2)10-13-20/h4-16,21,26H,3H2,1-2H3/b24-16+/t21-,26+/m0/s1. The van der Waals surface area contributed by atoms with Crippen molar-refractivity contribution < 1.29 is 13.2 Å². The van der Waals surface area contributed by atoms with Crippen molar-refractivity contribution in [2.75, 3.05) is 0 Å².